The van der Waals surface area contributed by atoms with E-state index in [1.807, 2.05) is 27.7 Å². The third-order valence-corrected chi connectivity index (χ3v) is 5.62. The minimum Gasteiger partial charge on any atom is -0.313 e. The lowest BCUT2D eigenvalue weighted by molar-refractivity contribution is 0.292. The van der Waals surface area contributed by atoms with Gasteiger partial charge in [-0.1, -0.05) is 50.9 Å². The molecule has 3 nitrogen and oxygen atoms in total. The maximum atomic E-state index is 12.5. The van der Waals surface area contributed by atoms with Gasteiger partial charge >= 0.3 is 0 Å². The molecule has 1 rings (SSSR count). The van der Waals surface area contributed by atoms with Gasteiger partial charge < -0.3 is 5.32 Å². The molecule has 1 unspecified atom stereocenters. The molecule has 0 bridgehead atoms. The lowest BCUT2D eigenvalue weighted by atomic mass is 9.88. The van der Waals surface area contributed by atoms with Crippen LogP contribution in [0.2, 0.25) is 10.0 Å². The zero-order chi connectivity index (χ0) is 15.6. The molecule has 0 radical (unpaired) electrons. The van der Waals surface area contributed by atoms with E-state index in [1.165, 1.54) is 18.2 Å². The largest absolute Gasteiger partial charge is 0.313 e. The van der Waals surface area contributed by atoms with Crippen molar-refractivity contribution in [3.05, 3.63) is 28.2 Å². The number of rotatable bonds is 5. The van der Waals surface area contributed by atoms with Gasteiger partial charge in [-0.3, -0.25) is 0 Å². The summed E-state index contributed by atoms with van der Waals surface area (Å²) in [5.41, 5.74) is -0.153. The molecule has 20 heavy (non-hydrogen) atoms. The smallest absolute Gasteiger partial charge is 0.179 e. The highest BCUT2D eigenvalue weighted by molar-refractivity contribution is 7.91. The Labute approximate surface area is 131 Å². The van der Waals surface area contributed by atoms with E-state index < -0.39 is 9.84 Å². The summed E-state index contributed by atoms with van der Waals surface area (Å²) in [4.78, 5) is 0.207. The van der Waals surface area contributed by atoms with Gasteiger partial charge in [-0.15, -0.1) is 0 Å². The molecular weight excluding hydrogens is 317 g/mol. The average Bonchev–Trinajstić information content (AvgIpc) is 2.30. The quantitative estimate of drug-likeness (QED) is 0.888. The Kier molecular flexibility index (Phi) is 5.90. The maximum absolute atomic E-state index is 12.5. The van der Waals surface area contributed by atoms with Crippen molar-refractivity contribution in [1.29, 1.82) is 0 Å². The fourth-order valence-electron chi connectivity index (χ4n) is 1.85. The predicted octanol–water partition coefficient (Wildman–Crippen LogP) is 3.79. The standard InChI is InChI=1S/C14H21Cl2NO2S/c1-5-17-13(14(2,3)4)9-20(18,19)10-6-7-11(15)12(16)8-10/h6-8,13,17H,5,9H2,1-4H3. The van der Waals surface area contributed by atoms with E-state index in [1.54, 1.807) is 0 Å². The topological polar surface area (TPSA) is 46.2 Å². The molecular formula is C14H21Cl2NO2S. The monoisotopic (exact) mass is 337 g/mol. The molecule has 1 atom stereocenters. The van der Waals surface area contributed by atoms with Gasteiger partial charge in [-0.2, -0.15) is 0 Å². The second-order valence-electron chi connectivity index (χ2n) is 5.83. The molecule has 0 saturated heterocycles. The Morgan fingerprint density at radius 3 is 2.25 bits per heavy atom. The Morgan fingerprint density at radius 1 is 1.20 bits per heavy atom. The number of hydrogen-bond acceptors (Lipinski definition) is 3. The minimum atomic E-state index is -3.41. The van der Waals surface area contributed by atoms with Crippen LogP contribution in [0.25, 0.3) is 0 Å². The van der Waals surface area contributed by atoms with E-state index in [0.717, 1.165) is 6.54 Å². The van der Waals surface area contributed by atoms with E-state index in [2.05, 4.69) is 5.32 Å². The zero-order valence-corrected chi connectivity index (χ0v) is 14.5. The van der Waals surface area contributed by atoms with E-state index in [9.17, 15) is 8.42 Å². The Bertz CT molecular complexity index is 565. The third-order valence-electron chi connectivity index (χ3n) is 3.13. The van der Waals surface area contributed by atoms with Crippen molar-refractivity contribution in [1.82, 2.24) is 5.32 Å². The second-order valence-corrected chi connectivity index (χ2v) is 8.68. The molecule has 1 aromatic rings. The van der Waals surface area contributed by atoms with Gasteiger partial charge in [0, 0.05) is 6.04 Å². The summed E-state index contributed by atoms with van der Waals surface area (Å²) in [5.74, 6) is 0.0301. The molecule has 0 aliphatic heterocycles. The molecule has 0 aliphatic rings. The second kappa shape index (κ2) is 6.65. The van der Waals surface area contributed by atoms with Crippen LogP contribution in [0, 0.1) is 5.41 Å². The molecule has 0 spiro atoms. The maximum Gasteiger partial charge on any atom is 0.179 e. The van der Waals surface area contributed by atoms with Crippen LogP contribution < -0.4 is 5.32 Å². The van der Waals surface area contributed by atoms with Crippen molar-refractivity contribution in [3.63, 3.8) is 0 Å². The Balaban J connectivity index is 3.06. The van der Waals surface area contributed by atoms with Gasteiger partial charge in [0.15, 0.2) is 9.84 Å². The summed E-state index contributed by atoms with van der Waals surface area (Å²) in [6.07, 6.45) is 0. The van der Waals surface area contributed by atoms with Crippen LogP contribution in [-0.4, -0.2) is 26.8 Å². The predicted molar refractivity (Wildman–Crippen MR) is 85.4 cm³/mol. The van der Waals surface area contributed by atoms with Gasteiger partial charge in [0.25, 0.3) is 0 Å². The number of sulfone groups is 1. The first-order valence-corrected chi connectivity index (χ1v) is 8.90. The van der Waals surface area contributed by atoms with Crippen molar-refractivity contribution < 1.29 is 8.42 Å². The summed E-state index contributed by atoms with van der Waals surface area (Å²) in [6.45, 7) is 8.74. The summed E-state index contributed by atoms with van der Waals surface area (Å²) in [5, 5.41) is 3.84. The number of benzene rings is 1. The van der Waals surface area contributed by atoms with Crippen molar-refractivity contribution in [2.75, 3.05) is 12.3 Å². The Morgan fingerprint density at radius 2 is 1.80 bits per heavy atom. The van der Waals surface area contributed by atoms with E-state index in [4.69, 9.17) is 23.2 Å². The third kappa shape index (κ3) is 4.62. The molecule has 114 valence electrons. The normalized spacial score (nSPS) is 14.3. The highest BCUT2D eigenvalue weighted by atomic mass is 35.5. The van der Waals surface area contributed by atoms with E-state index >= 15 is 0 Å². The molecule has 0 saturated carbocycles. The highest BCUT2D eigenvalue weighted by Gasteiger charge is 2.30. The Hall–Kier alpha value is -0.290. The average molecular weight is 338 g/mol. The number of hydrogen-bond donors (Lipinski definition) is 1. The molecule has 0 heterocycles. The number of nitrogens with one attached hydrogen (secondary N) is 1. The van der Waals surface area contributed by atoms with Crippen LogP contribution in [0.5, 0.6) is 0 Å². The van der Waals surface area contributed by atoms with E-state index in [0.29, 0.717) is 5.02 Å². The molecule has 6 heteroatoms. The van der Waals surface area contributed by atoms with Crippen molar-refractivity contribution in [2.24, 2.45) is 5.41 Å². The SMILES string of the molecule is CCNC(CS(=O)(=O)c1ccc(Cl)c(Cl)c1)C(C)(C)C. The summed E-state index contributed by atoms with van der Waals surface area (Å²) in [7, 11) is -3.41. The summed E-state index contributed by atoms with van der Waals surface area (Å²) in [6, 6.07) is 4.28. The molecule has 0 fully saturated rings. The zero-order valence-electron chi connectivity index (χ0n) is 12.2. The lowest BCUT2D eigenvalue weighted by Gasteiger charge is -2.31. The molecule has 1 aromatic carbocycles. The highest BCUT2D eigenvalue weighted by Crippen LogP contribution is 2.27. The minimum absolute atomic E-state index is 0.0301. The summed E-state index contributed by atoms with van der Waals surface area (Å²) >= 11 is 11.7. The first-order valence-electron chi connectivity index (χ1n) is 6.49. The molecule has 0 amide bonds. The van der Waals surface area contributed by atoms with E-state index in [-0.39, 0.29) is 27.1 Å². The van der Waals surface area contributed by atoms with Crippen LogP contribution in [-0.2, 0) is 9.84 Å². The number of halogens is 2. The molecule has 0 aromatic heterocycles. The fourth-order valence-corrected chi connectivity index (χ4v) is 4.03. The summed E-state index contributed by atoms with van der Waals surface area (Å²) < 4.78 is 25.0. The van der Waals surface area contributed by atoms with Gasteiger partial charge in [0.1, 0.15) is 0 Å². The van der Waals surface area contributed by atoms with Crippen molar-refractivity contribution >= 4 is 33.0 Å². The van der Waals surface area contributed by atoms with Crippen LogP contribution in [0.4, 0.5) is 0 Å². The van der Waals surface area contributed by atoms with Crippen LogP contribution >= 0.6 is 23.2 Å². The fraction of sp³-hybridized carbons (Fsp3) is 0.571. The first kappa shape index (κ1) is 17.8. The van der Waals surface area contributed by atoms with Gasteiger partial charge in [-0.05, 0) is 30.2 Å². The van der Waals surface area contributed by atoms with Crippen LogP contribution in [0.3, 0.4) is 0 Å². The van der Waals surface area contributed by atoms with Gasteiger partial charge in [0.05, 0.1) is 20.7 Å². The van der Waals surface area contributed by atoms with Gasteiger partial charge in [-0.25, -0.2) is 8.42 Å². The molecule has 1 N–H and O–H groups in total. The van der Waals surface area contributed by atoms with Crippen molar-refractivity contribution in [2.45, 2.75) is 38.6 Å². The first-order chi connectivity index (χ1) is 9.08. The van der Waals surface area contributed by atoms with Crippen molar-refractivity contribution in [3.8, 4) is 0 Å². The molecule has 0 aliphatic carbocycles. The van der Waals surface area contributed by atoms with Crippen LogP contribution in [0.15, 0.2) is 23.1 Å². The van der Waals surface area contributed by atoms with Crippen LogP contribution in [0.1, 0.15) is 27.7 Å². The van der Waals surface area contributed by atoms with Gasteiger partial charge in [0.2, 0.25) is 0 Å². The lowest BCUT2D eigenvalue weighted by Crippen LogP contribution is -2.45.